The number of carbonyl (C=O) groups excluding carboxylic acids is 1. The standard InChI is InChI=1S/C20H15N3O3/c24-17-7-6-14(22-19(25)10-13-4-2-1-3-5-13)11-15(17)20-23-16-12-21-9-8-18(16)26-20/h1-9,11-12,24H,10H2,(H,22,25). The van der Waals surface area contributed by atoms with Gasteiger partial charge >= 0.3 is 0 Å². The van der Waals surface area contributed by atoms with Crippen molar-refractivity contribution in [2.75, 3.05) is 5.32 Å². The van der Waals surface area contributed by atoms with Gasteiger partial charge in [0.25, 0.3) is 0 Å². The van der Waals surface area contributed by atoms with E-state index in [4.69, 9.17) is 4.42 Å². The number of phenols is 1. The van der Waals surface area contributed by atoms with Crippen LogP contribution in [0.1, 0.15) is 5.56 Å². The third-order valence-corrected chi connectivity index (χ3v) is 3.91. The molecule has 0 aliphatic rings. The second-order valence-corrected chi connectivity index (χ2v) is 5.80. The minimum Gasteiger partial charge on any atom is -0.507 e. The van der Waals surface area contributed by atoms with E-state index >= 15 is 0 Å². The predicted molar refractivity (Wildman–Crippen MR) is 97.7 cm³/mol. The second kappa shape index (κ2) is 6.68. The van der Waals surface area contributed by atoms with Crippen molar-refractivity contribution in [3.05, 3.63) is 72.6 Å². The number of aromatic hydroxyl groups is 1. The molecule has 0 aliphatic carbocycles. The van der Waals surface area contributed by atoms with E-state index in [1.165, 1.54) is 6.07 Å². The van der Waals surface area contributed by atoms with Crippen LogP contribution in [0.2, 0.25) is 0 Å². The molecule has 26 heavy (non-hydrogen) atoms. The lowest BCUT2D eigenvalue weighted by molar-refractivity contribution is -0.115. The number of carbonyl (C=O) groups is 1. The highest BCUT2D eigenvalue weighted by atomic mass is 16.3. The van der Waals surface area contributed by atoms with Gasteiger partial charge in [0, 0.05) is 18.0 Å². The summed E-state index contributed by atoms with van der Waals surface area (Å²) in [4.78, 5) is 20.6. The molecule has 0 aliphatic heterocycles. The van der Waals surface area contributed by atoms with Crippen molar-refractivity contribution < 1.29 is 14.3 Å². The number of rotatable bonds is 4. The van der Waals surface area contributed by atoms with Crippen LogP contribution in [-0.2, 0) is 11.2 Å². The molecule has 2 heterocycles. The van der Waals surface area contributed by atoms with Crippen LogP contribution < -0.4 is 5.32 Å². The predicted octanol–water partition coefficient (Wildman–Crippen LogP) is 3.78. The van der Waals surface area contributed by atoms with Gasteiger partial charge in [-0.3, -0.25) is 9.78 Å². The van der Waals surface area contributed by atoms with E-state index in [1.54, 1.807) is 30.6 Å². The quantitative estimate of drug-likeness (QED) is 0.550. The van der Waals surface area contributed by atoms with E-state index < -0.39 is 0 Å². The fourth-order valence-electron chi connectivity index (χ4n) is 2.67. The molecule has 0 saturated carbocycles. The molecule has 4 aromatic rings. The summed E-state index contributed by atoms with van der Waals surface area (Å²) < 4.78 is 5.67. The fourth-order valence-corrected chi connectivity index (χ4v) is 2.67. The molecule has 2 N–H and O–H groups in total. The van der Waals surface area contributed by atoms with Gasteiger partial charge in [-0.1, -0.05) is 30.3 Å². The van der Waals surface area contributed by atoms with Crippen LogP contribution in [0.25, 0.3) is 22.6 Å². The van der Waals surface area contributed by atoms with E-state index in [-0.39, 0.29) is 24.0 Å². The van der Waals surface area contributed by atoms with E-state index in [1.807, 2.05) is 30.3 Å². The van der Waals surface area contributed by atoms with Crippen LogP contribution in [0, 0.1) is 0 Å². The number of pyridine rings is 1. The van der Waals surface area contributed by atoms with Crippen molar-refractivity contribution in [1.29, 1.82) is 0 Å². The summed E-state index contributed by atoms with van der Waals surface area (Å²) in [6, 6.07) is 16.0. The molecule has 6 heteroatoms. The number of aromatic nitrogens is 2. The molecule has 4 rings (SSSR count). The van der Waals surface area contributed by atoms with Gasteiger partial charge in [0.1, 0.15) is 11.3 Å². The molecular formula is C20H15N3O3. The number of amides is 1. The molecular weight excluding hydrogens is 330 g/mol. The first-order valence-corrected chi connectivity index (χ1v) is 8.07. The molecule has 0 spiro atoms. The lowest BCUT2D eigenvalue weighted by Gasteiger charge is -2.08. The average Bonchev–Trinajstić information content (AvgIpc) is 3.08. The summed E-state index contributed by atoms with van der Waals surface area (Å²) in [6.07, 6.45) is 3.47. The Labute approximate surface area is 149 Å². The minimum atomic E-state index is -0.144. The van der Waals surface area contributed by atoms with Crippen molar-refractivity contribution in [1.82, 2.24) is 9.97 Å². The Hall–Kier alpha value is -3.67. The molecule has 6 nitrogen and oxygen atoms in total. The Morgan fingerprint density at radius 2 is 1.96 bits per heavy atom. The van der Waals surface area contributed by atoms with Crippen molar-refractivity contribution in [2.24, 2.45) is 0 Å². The molecule has 0 atom stereocenters. The number of phenolic OH excluding ortho intramolecular Hbond substituents is 1. The number of oxazole rings is 1. The zero-order valence-electron chi connectivity index (χ0n) is 13.7. The van der Waals surface area contributed by atoms with Gasteiger partial charge in [-0.2, -0.15) is 0 Å². The van der Waals surface area contributed by atoms with Gasteiger partial charge < -0.3 is 14.8 Å². The molecule has 0 saturated heterocycles. The van der Waals surface area contributed by atoms with Crippen molar-refractivity contribution in [3.63, 3.8) is 0 Å². The number of anilines is 1. The Morgan fingerprint density at radius 3 is 2.77 bits per heavy atom. The molecule has 2 aromatic carbocycles. The number of hydrogen-bond acceptors (Lipinski definition) is 5. The molecule has 0 fully saturated rings. The van der Waals surface area contributed by atoms with Gasteiger partial charge in [0.2, 0.25) is 11.8 Å². The number of nitrogens with zero attached hydrogens (tertiary/aromatic N) is 2. The first kappa shape index (κ1) is 15.8. The van der Waals surface area contributed by atoms with Gasteiger partial charge in [0.15, 0.2) is 5.58 Å². The fraction of sp³-hybridized carbons (Fsp3) is 0.0500. The van der Waals surface area contributed by atoms with Gasteiger partial charge in [-0.25, -0.2) is 4.98 Å². The molecule has 0 unspecified atom stereocenters. The summed E-state index contributed by atoms with van der Waals surface area (Å²) in [7, 11) is 0. The maximum Gasteiger partial charge on any atom is 0.231 e. The van der Waals surface area contributed by atoms with E-state index in [0.29, 0.717) is 22.4 Å². The van der Waals surface area contributed by atoms with E-state index in [0.717, 1.165) is 5.56 Å². The first-order valence-electron chi connectivity index (χ1n) is 8.07. The van der Waals surface area contributed by atoms with Crippen molar-refractivity contribution in [2.45, 2.75) is 6.42 Å². The molecule has 1 amide bonds. The number of hydrogen-bond donors (Lipinski definition) is 2. The SMILES string of the molecule is O=C(Cc1ccccc1)Nc1ccc(O)c(-c2nc3cnccc3o2)c1. The highest BCUT2D eigenvalue weighted by Gasteiger charge is 2.14. The second-order valence-electron chi connectivity index (χ2n) is 5.80. The maximum atomic E-state index is 12.2. The number of benzene rings is 2. The smallest absolute Gasteiger partial charge is 0.231 e. The average molecular weight is 345 g/mol. The summed E-state index contributed by atoms with van der Waals surface area (Å²) in [5, 5.41) is 13.0. The third-order valence-electron chi connectivity index (χ3n) is 3.91. The van der Waals surface area contributed by atoms with E-state index in [9.17, 15) is 9.90 Å². The van der Waals surface area contributed by atoms with Crippen LogP contribution in [0.3, 0.4) is 0 Å². The van der Waals surface area contributed by atoms with Crippen LogP contribution >= 0.6 is 0 Å². The lowest BCUT2D eigenvalue weighted by atomic mass is 10.1. The zero-order valence-corrected chi connectivity index (χ0v) is 13.7. The third kappa shape index (κ3) is 3.25. The molecule has 2 aromatic heterocycles. The number of fused-ring (bicyclic) bond motifs is 1. The summed E-state index contributed by atoms with van der Waals surface area (Å²) >= 11 is 0. The monoisotopic (exact) mass is 345 g/mol. The minimum absolute atomic E-state index is 0.0190. The number of nitrogens with one attached hydrogen (secondary N) is 1. The first-order chi connectivity index (χ1) is 12.7. The Balaban J connectivity index is 1.59. The highest BCUT2D eigenvalue weighted by Crippen LogP contribution is 2.33. The van der Waals surface area contributed by atoms with Crippen LogP contribution in [0.15, 0.2) is 71.4 Å². The molecule has 128 valence electrons. The van der Waals surface area contributed by atoms with Crippen molar-refractivity contribution >= 4 is 22.7 Å². The van der Waals surface area contributed by atoms with E-state index in [2.05, 4.69) is 15.3 Å². The highest BCUT2D eigenvalue weighted by molar-refractivity contribution is 5.93. The van der Waals surface area contributed by atoms with Crippen molar-refractivity contribution in [3.8, 4) is 17.2 Å². The summed E-state index contributed by atoms with van der Waals surface area (Å²) in [6.45, 7) is 0. The molecule has 0 radical (unpaired) electrons. The maximum absolute atomic E-state index is 12.2. The Kier molecular flexibility index (Phi) is 4.07. The van der Waals surface area contributed by atoms with Crippen LogP contribution in [-0.4, -0.2) is 21.0 Å². The van der Waals surface area contributed by atoms with Crippen LogP contribution in [0.4, 0.5) is 5.69 Å². The van der Waals surface area contributed by atoms with Crippen LogP contribution in [0.5, 0.6) is 5.75 Å². The van der Waals surface area contributed by atoms with Gasteiger partial charge in [-0.15, -0.1) is 0 Å². The zero-order chi connectivity index (χ0) is 17.9. The Morgan fingerprint density at radius 1 is 1.12 bits per heavy atom. The summed E-state index contributed by atoms with van der Waals surface area (Å²) in [5.74, 6) is 0.143. The van der Waals surface area contributed by atoms with Gasteiger partial charge in [-0.05, 0) is 23.8 Å². The Bertz CT molecular complexity index is 1040. The van der Waals surface area contributed by atoms with Gasteiger partial charge in [0.05, 0.1) is 18.2 Å². The topological polar surface area (TPSA) is 88.2 Å². The largest absolute Gasteiger partial charge is 0.507 e. The lowest BCUT2D eigenvalue weighted by Crippen LogP contribution is -2.14. The summed E-state index contributed by atoms with van der Waals surface area (Å²) in [5.41, 5.74) is 3.06. The molecule has 0 bridgehead atoms. The normalized spacial score (nSPS) is 10.8.